The third-order valence-corrected chi connectivity index (χ3v) is 4.85. The smallest absolute Gasteiger partial charge is 0.311 e. The number of phenolic OH excluding ortho intramolecular Hbond substituents is 1. The monoisotopic (exact) mass is 372 g/mol. The molecule has 126 valence electrons. The van der Waals surface area contributed by atoms with Gasteiger partial charge in [-0.15, -0.1) is 0 Å². The Labute approximate surface area is 152 Å². The normalized spacial score (nSPS) is 15.9. The minimum Gasteiger partial charge on any atom is -0.502 e. The third kappa shape index (κ3) is 3.40. The summed E-state index contributed by atoms with van der Waals surface area (Å²) in [5, 5.41) is 20.4. The van der Waals surface area contributed by atoms with Crippen LogP contribution in [-0.4, -0.2) is 20.3 Å². The van der Waals surface area contributed by atoms with Gasteiger partial charge in [0.15, 0.2) is 10.1 Å². The van der Waals surface area contributed by atoms with Gasteiger partial charge >= 0.3 is 5.69 Å². The van der Waals surface area contributed by atoms with Crippen LogP contribution in [0.25, 0.3) is 6.08 Å². The van der Waals surface area contributed by atoms with Crippen molar-refractivity contribution >= 4 is 51.7 Å². The number of carbonyl (C=O) groups is 1. The summed E-state index contributed by atoms with van der Waals surface area (Å²) in [5.74, 6) is -0.703. The highest BCUT2D eigenvalue weighted by Crippen LogP contribution is 2.37. The Hall–Kier alpha value is -2.71. The molecule has 6 nitrogen and oxygen atoms in total. The molecule has 1 heterocycles. The first kappa shape index (κ1) is 17.1. The Morgan fingerprint density at radius 3 is 2.72 bits per heavy atom. The van der Waals surface area contributed by atoms with Crippen molar-refractivity contribution in [3.8, 4) is 5.75 Å². The minimum absolute atomic E-state index is 0.281. The number of anilines is 1. The molecule has 1 N–H and O–H groups in total. The van der Waals surface area contributed by atoms with Gasteiger partial charge in [0.05, 0.1) is 15.5 Å². The van der Waals surface area contributed by atoms with Crippen LogP contribution in [0.2, 0.25) is 0 Å². The number of carbonyl (C=O) groups excluding carboxylic acids is 1. The van der Waals surface area contributed by atoms with Crippen LogP contribution in [0, 0.1) is 17.0 Å². The van der Waals surface area contributed by atoms with E-state index >= 15 is 0 Å². The van der Waals surface area contributed by atoms with Crippen LogP contribution < -0.4 is 4.90 Å². The predicted octanol–water partition coefficient (Wildman–Crippen LogP) is 4.01. The standard InChI is InChI=1S/C17H12N2O4S2/c1-10-3-2-4-12(7-10)18-16(21)15(25-17(18)24)9-11-5-6-14(20)13(8-11)19(22)23/h2-9,20H,1H3/b15-9+. The van der Waals surface area contributed by atoms with Crippen molar-refractivity contribution < 1.29 is 14.8 Å². The van der Waals surface area contributed by atoms with Crippen molar-refractivity contribution in [1.82, 2.24) is 0 Å². The van der Waals surface area contributed by atoms with Crippen molar-refractivity contribution in [2.24, 2.45) is 0 Å². The van der Waals surface area contributed by atoms with Crippen molar-refractivity contribution in [2.75, 3.05) is 4.90 Å². The zero-order chi connectivity index (χ0) is 18.1. The van der Waals surface area contributed by atoms with E-state index in [1.54, 1.807) is 6.07 Å². The molecule has 1 aliphatic heterocycles. The fraction of sp³-hybridized carbons (Fsp3) is 0.0588. The van der Waals surface area contributed by atoms with Crippen LogP contribution in [0.5, 0.6) is 5.75 Å². The number of aromatic hydroxyl groups is 1. The number of hydrogen-bond donors (Lipinski definition) is 1. The van der Waals surface area contributed by atoms with Gasteiger partial charge in [0.1, 0.15) is 0 Å². The summed E-state index contributed by atoms with van der Waals surface area (Å²) in [6, 6.07) is 11.4. The molecular formula is C17H12N2O4S2. The fourth-order valence-electron chi connectivity index (χ4n) is 2.39. The molecule has 3 rings (SSSR count). The molecule has 0 spiro atoms. The highest BCUT2D eigenvalue weighted by molar-refractivity contribution is 8.27. The zero-order valence-electron chi connectivity index (χ0n) is 13.0. The summed E-state index contributed by atoms with van der Waals surface area (Å²) < 4.78 is 0.398. The maximum absolute atomic E-state index is 12.7. The molecule has 2 aromatic carbocycles. The van der Waals surface area contributed by atoms with Crippen molar-refractivity contribution in [3.05, 3.63) is 68.6 Å². The van der Waals surface area contributed by atoms with E-state index in [1.165, 1.54) is 29.2 Å². The Balaban J connectivity index is 1.96. The van der Waals surface area contributed by atoms with Crippen LogP contribution in [-0.2, 0) is 4.79 Å². The summed E-state index contributed by atoms with van der Waals surface area (Å²) in [6.07, 6.45) is 1.53. The number of thioether (sulfide) groups is 1. The molecular weight excluding hydrogens is 360 g/mol. The average Bonchev–Trinajstić information content (AvgIpc) is 2.83. The van der Waals surface area contributed by atoms with Gasteiger partial charge in [-0.25, -0.2) is 0 Å². The minimum atomic E-state index is -0.676. The number of aryl methyl sites for hydroxylation is 1. The highest BCUT2D eigenvalue weighted by atomic mass is 32.2. The molecule has 25 heavy (non-hydrogen) atoms. The molecule has 8 heteroatoms. The van der Waals surface area contributed by atoms with Gasteiger partial charge in [0, 0.05) is 6.07 Å². The molecule has 0 bridgehead atoms. The number of rotatable bonds is 3. The van der Waals surface area contributed by atoms with E-state index in [0.29, 0.717) is 20.5 Å². The van der Waals surface area contributed by atoms with Crippen molar-refractivity contribution in [3.63, 3.8) is 0 Å². The van der Waals surface area contributed by atoms with Gasteiger partial charge in [0.2, 0.25) is 0 Å². The topological polar surface area (TPSA) is 83.7 Å². The third-order valence-electron chi connectivity index (χ3n) is 3.55. The number of nitro groups is 1. The average molecular weight is 372 g/mol. The lowest BCUT2D eigenvalue weighted by Gasteiger charge is -2.14. The number of phenols is 1. The van der Waals surface area contributed by atoms with Gasteiger partial charge in [-0.05, 0) is 42.3 Å². The number of amides is 1. The Morgan fingerprint density at radius 2 is 2.04 bits per heavy atom. The van der Waals surface area contributed by atoms with Crippen molar-refractivity contribution in [2.45, 2.75) is 6.92 Å². The number of hydrogen-bond acceptors (Lipinski definition) is 6. The van der Waals surface area contributed by atoms with Crippen LogP contribution in [0.15, 0.2) is 47.4 Å². The number of thiocarbonyl (C=S) groups is 1. The molecule has 1 amide bonds. The molecule has 0 unspecified atom stereocenters. The van der Waals surface area contributed by atoms with Crippen LogP contribution in [0.3, 0.4) is 0 Å². The van der Waals surface area contributed by atoms with E-state index < -0.39 is 16.4 Å². The lowest BCUT2D eigenvalue weighted by molar-refractivity contribution is -0.385. The second kappa shape index (κ2) is 6.66. The van der Waals surface area contributed by atoms with Crippen molar-refractivity contribution in [1.29, 1.82) is 0 Å². The summed E-state index contributed by atoms with van der Waals surface area (Å²) in [6.45, 7) is 1.92. The van der Waals surface area contributed by atoms with E-state index in [4.69, 9.17) is 12.2 Å². The highest BCUT2D eigenvalue weighted by Gasteiger charge is 2.33. The van der Waals surface area contributed by atoms with Crippen LogP contribution >= 0.6 is 24.0 Å². The first-order chi connectivity index (χ1) is 11.9. The van der Waals surface area contributed by atoms with E-state index in [-0.39, 0.29) is 5.91 Å². The SMILES string of the molecule is Cc1cccc(N2C(=O)/C(=C\c3ccc(O)c([N+](=O)[O-])c3)SC2=S)c1. The number of benzene rings is 2. The molecule has 1 saturated heterocycles. The molecule has 0 radical (unpaired) electrons. The molecule has 1 fully saturated rings. The van der Waals surface area contributed by atoms with Crippen LogP contribution in [0.1, 0.15) is 11.1 Å². The van der Waals surface area contributed by atoms with E-state index in [9.17, 15) is 20.0 Å². The first-order valence-corrected chi connectivity index (χ1v) is 8.41. The Bertz CT molecular complexity index is 940. The molecule has 2 aromatic rings. The maximum atomic E-state index is 12.7. The first-order valence-electron chi connectivity index (χ1n) is 7.19. The number of nitro benzene ring substituents is 1. The molecule has 0 saturated carbocycles. The quantitative estimate of drug-likeness (QED) is 0.379. The van der Waals surface area contributed by atoms with Gasteiger partial charge in [-0.3, -0.25) is 19.8 Å². The van der Waals surface area contributed by atoms with Gasteiger partial charge in [-0.1, -0.05) is 42.2 Å². The fourth-order valence-corrected chi connectivity index (χ4v) is 3.68. The van der Waals surface area contributed by atoms with Gasteiger partial charge in [0.25, 0.3) is 5.91 Å². The van der Waals surface area contributed by atoms with Gasteiger partial charge in [-0.2, -0.15) is 0 Å². The largest absolute Gasteiger partial charge is 0.502 e. The summed E-state index contributed by atoms with van der Waals surface area (Å²) in [4.78, 5) is 24.7. The Kier molecular flexibility index (Phi) is 4.56. The number of nitrogens with zero attached hydrogens (tertiary/aromatic N) is 2. The predicted molar refractivity (Wildman–Crippen MR) is 102 cm³/mol. The lowest BCUT2D eigenvalue weighted by atomic mass is 10.1. The summed E-state index contributed by atoms with van der Waals surface area (Å²) >= 11 is 6.44. The second-order valence-corrected chi connectivity index (χ2v) is 7.04. The molecule has 0 atom stereocenters. The maximum Gasteiger partial charge on any atom is 0.311 e. The second-order valence-electron chi connectivity index (χ2n) is 5.36. The van der Waals surface area contributed by atoms with E-state index in [2.05, 4.69) is 0 Å². The zero-order valence-corrected chi connectivity index (χ0v) is 14.6. The van der Waals surface area contributed by atoms with E-state index in [1.807, 2.05) is 25.1 Å². The summed E-state index contributed by atoms with van der Waals surface area (Å²) in [5.41, 5.74) is 1.71. The van der Waals surface area contributed by atoms with Crippen LogP contribution in [0.4, 0.5) is 11.4 Å². The summed E-state index contributed by atoms with van der Waals surface area (Å²) in [7, 11) is 0. The molecule has 0 aliphatic carbocycles. The lowest BCUT2D eigenvalue weighted by Crippen LogP contribution is -2.27. The Morgan fingerprint density at radius 1 is 1.28 bits per heavy atom. The van der Waals surface area contributed by atoms with E-state index in [0.717, 1.165) is 17.3 Å². The molecule has 1 aliphatic rings. The van der Waals surface area contributed by atoms with Gasteiger partial charge < -0.3 is 5.11 Å². The molecule has 0 aromatic heterocycles.